The van der Waals surface area contributed by atoms with Gasteiger partial charge in [0.25, 0.3) is 0 Å². The molecule has 1 atom stereocenters. The number of nitrogens with one attached hydrogen (secondary N) is 1. The third kappa shape index (κ3) is 4.37. The van der Waals surface area contributed by atoms with E-state index in [1.165, 1.54) is 0 Å². The summed E-state index contributed by atoms with van der Waals surface area (Å²) in [5.74, 6) is 2.23. The smallest absolute Gasteiger partial charge is 0.193 e. The van der Waals surface area contributed by atoms with Gasteiger partial charge in [-0.1, -0.05) is 18.2 Å². The zero-order valence-electron chi connectivity index (χ0n) is 13.9. The zero-order valence-corrected chi connectivity index (χ0v) is 13.9. The predicted octanol–water partition coefficient (Wildman–Crippen LogP) is 2.39. The molecule has 0 bridgehead atoms. The number of para-hydroxylation sites is 1. The van der Waals surface area contributed by atoms with Crippen molar-refractivity contribution in [3.8, 4) is 0 Å². The Bertz CT molecular complexity index is 663. The first kappa shape index (κ1) is 16.5. The molecule has 2 aromatic rings. The molecule has 0 amide bonds. The fraction of sp³-hybridized carbons (Fsp3) is 0.389. The van der Waals surface area contributed by atoms with Crippen LogP contribution in [0.1, 0.15) is 17.6 Å². The Labute approximate surface area is 142 Å². The van der Waals surface area contributed by atoms with Gasteiger partial charge in [-0.25, -0.2) is 0 Å². The van der Waals surface area contributed by atoms with E-state index < -0.39 is 0 Å². The molecule has 3 rings (SSSR count). The van der Waals surface area contributed by atoms with Crippen LogP contribution in [-0.4, -0.2) is 43.7 Å². The van der Waals surface area contributed by atoms with E-state index in [0.717, 1.165) is 43.5 Å². The molecule has 1 unspecified atom stereocenters. The topological polar surface area (TPSA) is 76.0 Å². The summed E-state index contributed by atoms with van der Waals surface area (Å²) in [5, 5.41) is 3.11. The third-order valence-electron chi connectivity index (χ3n) is 4.06. The van der Waals surface area contributed by atoms with Crippen molar-refractivity contribution in [2.45, 2.75) is 13.0 Å². The molecular formula is C18H24N4O2. The lowest BCUT2D eigenvalue weighted by Gasteiger charge is -2.32. The Morgan fingerprint density at radius 1 is 1.21 bits per heavy atom. The number of benzene rings is 1. The van der Waals surface area contributed by atoms with E-state index in [-0.39, 0.29) is 6.04 Å². The minimum absolute atomic E-state index is 0.0683. The summed E-state index contributed by atoms with van der Waals surface area (Å²) in [7, 11) is 0. The van der Waals surface area contributed by atoms with Crippen LogP contribution in [0.4, 0.5) is 5.69 Å². The number of hydrogen-bond donors (Lipinski definition) is 2. The summed E-state index contributed by atoms with van der Waals surface area (Å²) >= 11 is 0. The number of furan rings is 1. The van der Waals surface area contributed by atoms with Gasteiger partial charge in [0, 0.05) is 18.8 Å². The second-order valence-electron chi connectivity index (χ2n) is 5.83. The highest BCUT2D eigenvalue weighted by atomic mass is 16.5. The van der Waals surface area contributed by atoms with Crippen molar-refractivity contribution < 1.29 is 9.15 Å². The van der Waals surface area contributed by atoms with E-state index in [9.17, 15) is 0 Å². The van der Waals surface area contributed by atoms with Crippen molar-refractivity contribution in [3.05, 3.63) is 54.0 Å². The number of guanidine groups is 1. The summed E-state index contributed by atoms with van der Waals surface area (Å²) < 4.78 is 11.3. The third-order valence-corrected chi connectivity index (χ3v) is 4.06. The zero-order chi connectivity index (χ0) is 16.8. The molecule has 1 aromatic heterocycles. The minimum atomic E-state index is 0.0683. The lowest BCUT2D eigenvalue weighted by molar-refractivity contribution is 0.0135. The molecule has 1 aliphatic rings. The van der Waals surface area contributed by atoms with Crippen LogP contribution in [0.25, 0.3) is 0 Å². The Hall–Kier alpha value is -2.31. The number of morpholine rings is 1. The van der Waals surface area contributed by atoms with Gasteiger partial charge >= 0.3 is 0 Å². The first-order valence-corrected chi connectivity index (χ1v) is 8.22. The summed E-state index contributed by atoms with van der Waals surface area (Å²) in [4.78, 5) is 6.86. The largest absolute Gasteiger partial charge is 0.465 e. The number of nitrogens with zero attached hydrogens (tertiary/aromatic N) is 2. The first-order valence-electron chi connectivity index (χ1n) is 8.22. The molecule has 1 fully saturated rings. The highest BCUT2D eigenvalue weighted by molar-refractivity contribution is 5.92. The van der Waals surface area contributed by atoms with E-state index in [4.69, 9.17) is 14.9 Å². The molecular weight excluding hydrogens is 304 g/mol. The normalized spacial score (nSPS) is 17.6. The maximum atomic E-state index is 6.03. The fourth-order valence-electron chi connectivity index (χ4n) is 2.80. The average molecular weight is 328 g/mol. The molecule has 128 valence electrons. The number of rotatable bonds is 5. The van der Waals surface area contributed by atoms with Gasteiger partial charge in [0.05, 0.1) is 25.8 Å². The molecule has 3 N–H and O–H groups in total. The van der Waals surface area contributed by atoms with Crippen LogP contribution in [0.5, 0.6) is 0 Å². The molecule has 2 heterocycles. The number of ether oxygens (including phenoxy) is 1. The van der Waals surface area contributed by atoms with Crippen molar-refractivity contribution in [2.24, 2.45) is 10.7 Å². The number of anilines is 1. The monoisotopic (exact) mass is 328 g/mol. The minimum Gasteiger partial charge on any atom is -0.465 e. The Balaban J connectivity index is 1.70. The van der Waals surface area contributed by atoms with Gasteiger partial charge in [-0.2, -0.15) is 0 Å². The van der Waals surface area contributed by atoms with E-state index in [2.05, 4.69) is 15.2 Å². The van der Waals surface area contributed by atoms with Crippen LogP contribution < -0.4 is 11.1 Å². The highest BCUT2D eigenvalue weighted by Gasteiger charge is 2.25. The number of aryl methyl sites for hydroxylation is 1. The molecule has 1 aromatic carbocycles. The molecule has 24 heavy (non-hydrogen) atoms. The van der Waals surface area contributed by atoms with Crippen LogP contribution in [0, 0.1) is 6.92 Å². The lowest BCUT2D eigenvalue weighted by atomic mass is 10.1. The number of aliphatic imine (C=N–C) groups is 1. The van der Waals surface area contributed by atoms with Crippen LogP contribution in [0.3, 0.4) is 0 Å². The maximum absolute atomic E-state index is 6.03. The summed E-state index contributed by atoms with van der Waals surface area (Å²) in [6.45, 7) is 5.69. The maximum Gasteiger partial charge on any atom is 0.193 e. The molecule has 0 spiro atoms. The van der Waals surface area contributed by atoms with Crippen molar-refractivity contribution in [2.75, 3.05) is 38.2 Å². The van der Waals surface area contributed by atoms with Gasteiger partial charge in [0.15, 0.2) is 5.96 Å². The van der Waals surface area contributed by atoms with Crippen molar-refractivity contribution in [1.82, 2.24) is 4.90 Å². The summed E-state index contributed by atoms with van der Waals surface area (Å²) in [6, 6.07) is 13.9. The predicted molar refractivity (Wildman–Crippen MR) is 95.1 cm³/mol. The summed E-state index contributed by atoms with van der Waals surface area (Å²) in [6.07, 6.45) is 0. The second kappa shape index (κ2) is 7.99. The van der Waals surface area contributed by atoms with Gasteiger partial charge in [0.1, 0.15) is 11.5 Å². The summed E-state index contributed by atoms with van der Waals surface area (Å²) in [5.41, 5.74) is 6.96. The average Bonchev–Trinajstić information content (AvgIpc) is 3.03. The van der Waals surface area contributed by atoms with Crippen molar-refractivity contribution in [1.29, 1.82) is 0 Å². The highest BCUT2D eigenvalue weighted by Crippen LogP contribution is 2.24. The van der Waals surface area contributed by atoms with Crippen LogP contribution in [0.2, 0.25) is 0 Å². The van der Waals surface area contributed by atoms with Gasteiger partial charge in [-0.05, 0) is 31.2 Å². The van der Waals surface area contributed by atoms with Crippen molar-refractivity contribution in [3.63, 3.8) is 0 Å². The molecule has 0 saturated carbocycles. The van der Waals surface area contributed by atoms with Gasteiger partial charge < -0.3 is 20.2 Å². The molecule has 1 saturated heterocycles. The van der Waals surface area contributed by atoms with Crippen LogP contribution >= 0.6 is 0 Å². The second-order valence-corrected chi connectivity index (χ2v) is 5.83. The SMILES string of the molecule is Cc1ccc(C(CN=C(N)Nc2ccccc2)N2CCOCC2)o1. The quantitative estimate of drug-likeness (QED) is 0.651. The van der Waals surface area contributed by atoms with Crippen molar-refractivity contribution >= 4 is 11.6 Å². The lowest BCUT2D eigenvalue weighted by Crippen LogP contribution is -2.40. The van der Waals surface area contributed by atoms with Crippen LogP contribution in [-0.2, 0) is 4.74 Å². The van der Waals surface area contributed by atoms with Gasteiger partial charge in [-0.3, -0.25) is 9.89 Å². The number of nitrogens with two attached hydrogens (primary N) is 1. The Morgan fingerprint density at radius 3 is 2.62 bits per heavy atom. The van der Waals surface area contributed by atoms with E-state index in [0.29, 0.717) is 12.5 Å². The van der Waals surface area contributed by atoms with Gasteiger partial charge in [-0.15, -0.1) is 0 Å². The molecule has 0 aliphatic carbocycles. The standard InChI is InChI=1S/C18H24N4O2/c1-14-7-8-17(24-14)16(22-9-11-23-12-10-22)13-20-18(19)21-15-5-3-2-4-6-15/h2-8,16H,9-13H2,1H3,(H3,19,20,21). The molecule has 1 aliphatic heterocycles. The van der Waals surface area contributed by atoms with E-state index in [1.807, 2.05) is 49.4 Å². The number of hydrogen-bond acceptors (Lipinski definition) is 4. The first-order chi connectivity index (χ1) is 11.7. The fourth-order valence-corrected chi connectivity index (χ4v) is 2.80. The van der Waals surface area contributed by atoms with E-state index >= 15 is 0 Å². The Kier molecular flexibility index (Phi) is 5.51. The van der Waals surface area contributed by atoms with E-state index in [1.54, 1.807) is 0 Å². The molecule has 0 radical (unpaired) electrons. The molecule has 6 heteroatoms. The van der Waals surface area contributed by atoms with Gasteiger partial charge in [0.2, 0.25) is 0 Å². The molecule has 6 nitrogen and oxygen atoms in total. The van der Waals surface area contributed by atoms with Crippen LogP contribution in [0.15, 0.2) is 51.9 Å². The Morgan fingerprint density at radius 2 is 1.96 bits per heavy atom.